The van der Waals surface area contributed by atoms with Crippen LogP contribution < -0.4 is 15.5 Å². The van der Waals surface area contributed by atoms with E-state index in [-0.39, 0.29) is 12.6 Å². The van der Waals surface area contributed by atoms with Crippen molar-refractivity contribution < 1.29 is 19.2 Å². The fourth-order valence-electron chi connectivity index (χ4n) is 3.71. The average Bonchev–Trinajstić information content (AvgIpc) is 2.64. The Labute approximate surface area is 164 Å². The molecule has 27 heavy (non-hydrogen) atoms. The number of benzene rings is 1. The van der Waals surface area contributed by atoms with Crippen LogP contribution in [0.25, 0.3) is 0 Å². The number of quaternary nitrogens is 1. The maximum atomic E-state index is 12.8. The second-order valence-electron chi connectivity index (χ2n) is 7.31. The molecule has 0 unspecified atom stereocenters. The maximum Gasteiger partial charge on any atom is 0.338 e. The number of amides is 2. The van der Waals surface area contributed by atoms with Crippen molar-refractivity contribution in [3.8, 4) is 0 Å². The quantitative estimate of drug-likeness (QED) is 0.669. The van der Waals surface area contributed by atoms with Crippen molar-refractivity contribution >= 4 is 23.6 Å². The molecule has 0 aromatic heterocycles. The molecule has 1 saturated heterocycles. The van der Waals surface area contributed by atoms with Gasteiger partial charge in [0.2, 0.25) is 0 Å². The predicted octanol–water partition coefficient (Wildman–Crippen LogP) is 1.83. The van der Waals surface area contributed by atoms with Gasteiger partial charge in [0.25, 0.3) is 0 Å². The van der Waals surface area contributed by atoms with Crippen molar-refractivity contribution in [2.24, 2.45) is 5.92 Å². The number of likely N-dealkylation sites (tertiary alicyclic amines) is 1. The van der Waals surface area contributed by atoms with Crippen LogP contribution in [-0.2, 0) is 9.53 Å². The van der Waals surface area contributed by atoms with Crippen LogP contribution in [0.15, 0.2) is 35.5 Å². The van der Waals surface area contributed by atoms with Crippen molar-refractivity contribution in [1.29, 1.82) is 0 Å². The normalized spacial score (nSPS) is 25.6. The minimum absolute atomic E-state index is 0.283. The Bertz CT molecular complexity index is 724. The van der Waals surface area contributed by atoms with Gasteiger partial charge in [0.15, 0.2) is 0 Å². The number of rotatable bonds is 5. The summed E-state index contributed by atoms with van der Waals surface area (Å²) in [5, 5.41) is 6.32. The van der Waals surface area contributed by atoms with E-state index < -0.39 is 12.0 Å². The molecule has 0 bridgehead atoms. The second-order valence-corrected chi connectivity index (χ2v) is 7.74. The molecule has 6 nitrogen and oxygen atoms in total. The Morgan fingerprint density at radius 2 is 1.93 bits per heavy atom. The average molecular weight is 393 g/mol. The van der Waals surface area contributed by atoms with Gasteiger partial charge in [0, 0.05) is 5.02 Å². The highest BCUT2D eigenvalue weighted by molar-refractivity contribution is 6.30. The minimum atomic E-state index is -0.548. The summed E-state index contributed by atoms with van der Waals surface area (Å²) in [5.74, 6) is 0.335. The standard InChI is InChI=1S/C20H26ClN3O3/c1-3-27-19(25)17-16(12-24-10-8-13(2)9-11-24)22-20(26)23-18(17)14-4-6-15(21)7-5-14/h4-7,13,18H,3,8-12H2,1-2H3,(H2,22,23,26)/p+1/t18-/m0/s1. The predicted molar refractivity (Wildman–Crippen MR) is 103 cm³/mol. The summed E-state index contributed by atoms with van der Waals surface area (Å²) >= 11 is 5.99. The first-order valence-corrected chi connectivity index (χ1v) is 9.92. The van der Waals surface area contributed by atoms with E-state index in [4.69, 9.17) is 16.3 Å². The lowest BCUT2D eigenvalue weighted by Crippen LogP contribution is -3.13. The minimum Gasteiger partial charge on any atom is -0.463 e. The molecule has 2 amide bonds. The van der Waals surface area contributed by atoms with E-state index in [1.165, 1.54) is 4.90 Å². The number of hydrogen-bond donors (Lipinski definition) is 3. The molecular formula is C20H27ClN3O3+. The zero-order valence-electron chi connectivity index (χ0n) is 15.8. The van der Waals surface area contributed by atoms with Crippen LogP contribution in [-0.4, -0.2) is 38.2 Å². The van der Waals surface area contributed by atoms with Gasteiger partial charge >= 0.3 is 12.0 Å². The molecule has 2 aliphatic heterocycles. The molecule has 1 atom stereocenters. The van der Waals surface area contributed by atoms with E-state index in [9.17, 15) is 9.59 Å². The van der Waals surface area contributed by atoms with Crippen molar-refractivity contribution in [2.75, 3.05) is 26.2 Å². The molecule has 7 heteroatoms. The van der Waals surface area contributed by atoms with Crippen LogP contribution in [0.1, 0.15) is 38.3 Å². The molecule has 1 aromatic rings. The SMILES string of the molecule is CCOC(=O)C1=C(C[NH+]2CCC(C)CC2)NC(=O)N[C@H]1c1ccc(Cl)cc1. The molecule has 0 radical (unpaired) electrons. The van der Waals surface area contributed by atoms with Gasteiger partial charge in [-0.2, -0.15) is 0 Å². The fraction of sp³-hybridized carbons (Fsp3) is 0.500. The van der Waals surface area contributed by atoms with Gasteiger partial charge in [0.1, 0.15) is 6.54 Å². The van der Waals surface area contributed by atoms with E-state index in [1.807, 2.05) is 12.1 Å². The molecule has 3 N–H and O–H groups in total. The summed E-state index contributed by atoms with van der Waals surface area (Å²) in [7, 11) is 0. The highest BCUT2D eigenvalue weighted by Gasteiger charge is 2.35. The van der Waals surface area contributed by atoms with Crippen LogP contribution in [0.3, 0.4) is 0 Å². The van der Waals surface area contributed by atoms with E-state index in [2.05, 4.69) is 17.6 Å². The van der Waals surface area contributed by atoms with E-state index in [1.54, 1.807) is 19.1 Å². The van der Waals surface area contributed by atoms with E-state index in [0.717, 1.165) is 37.4 Å². The lowest BCUT2D eigenvalue weighted by molar-refractivity contribution is -0.901. The molecular weight excluding hydrogens is 366 g/mol. The number of carbonyl (C=O) groups excluding carboxylic acids is 2. The Morgan fingerprint density at radius 3 is 2.56 bits per heavy atom. The Morgan fingerprint density at radius 1 is 1.26 bits per heavy atom. The number of piperidine rings is 1. The molecule has 1 aromatic carbocycles. The number of halogens is 1. The summed E-state index contributed by atoms with van der Waals surface area (Å²) in [5.41, 5.74) is 1.93. The summed E-state index contributed by atoms with van der Waals surface area (Å²) in [6, 6.07) is 6.31. The molecule has 1 fully saturated rings. The van der Waals surface area contributed by atoms with Crippen LogP contribution >= 0.6 is 11.6 Å². The number of ether oxygens (including phenoxy) is 1. The molecule has 2 aliphatic rings. The van der Waals surface area contributed by atoms with Crippen LogP contribution in [0, 0.1) is 5.92 Å². The van der Waals surface area contributed by atoms with Gasteiger partial charge in [0.05, 0.1) is 37.0 Å². The summed E-state index contributed by atoms with van der Waals surface area (Å²) in [6.07, 6.45) is 2.31. The summed E-state index contributed by atoms with van der Waals surface area (Å²) in [6.45, 7) is 7.01. The third-order valence-electron chi connectivity index (χ3n) is 5.26. The number of carbonyl (C=O) groups is 2. The first-order chi connectivity index (χ1) is 13.0. The zero-order valence-corrected chi connectivity index (χ0v) is 16.6. The number of esters is 1. The molecule has 0 spiro atoms. The second kappa shape index (κ2) is 8.76. The van der Waals surface area contributed by atoms with Crippen molar-refractivity contribution in [3.63, 3.8) is 0 Å². The molecule has 146 valence electrons. The van der Waals surface area contributed by atoms with Crippen LogP contribution in [0.4, 0.5) is 4.79 Å². The third kappa shape index (κ3) is 4.82. The highest BCUT2D eigenvalue weighted by Crippen LogP contribution is 2.28. The van der Waals surface area contributed by atoms with Gasteiger partial charge in [-0.1, -0.05) is 30.7 Å². The highest BCUT2D eigenvalue weighted by atomic mass is 35.5. The van der Waals surface area contributed by atoms with Crippen LogP contribution in [0.2, 0.25) is 5.02 Å². The summed E-state index contributed by atoms with van der Waals surface area (Å²) in [4.78, 5) is 26.4. The van der Waals surface area contributed by atoms with E-state index in [0.29, 0.717) is 22.8 Å². The summed E-state index contributed by atoms with van der Waals surface area (Å²) < 4.78 is 5.31. The Hall–Kier alpha value is -2.05. The van der Waals surface area contributed by atoms with Gasteiger partial charge in [-0.3, -0.25) is 0 Å². The van der Waals surface area contributed by atoms with Crippen molar-refractivity contribution in [2.45, 2.75) is 32.7 Å². The van der Waals surface area contributed by atoms with Gasteiger partial charge in [-0.05, 0) is 43.4 Å². The number of urea groups is 1. The van der Waals surface area contributed by atoms with Crippen molar-refractivity contribution in [1.82, 2.24) is 10.6 Å². The maximum absolute atomic E-state index is 12.8. The number of nitrogens with one attached hydrogen (secondary N) is 3. The molecule has 3 rings (SSSR count). The smallest absolute Gasteiger partial charge is 0.338 e. The first kappa shape index (κ1) is 19.7. The largest absolute Gasteiger partial charge is 0.463 e. The molecule has 2 heterocycles. The van der Waals surface area contributed by atoms with E-state index >= 15 is 0 Å². The van der Waals surface area contributed by atoms with Gasteiger partial charge in [-0.15, -0.1) is 0 Å². The fourth-order valence-corrected chi connectivity index (χ4v) is 3.84. The Kier molecular flexibility index (Phi) is 6.39. The van der Waals surface area contributed by atoms with Gasteiger partial charge in [-0.25, -0.2) is 9.59 Å². The van der Waals surface area contributed by atoms with Crippen LogP contribution in [0.5, 0.6) is 0 Å². The number of hydrogen-bond acceptors (Lipinski definition) is 3. The lowest BCUT2D eigenvalue weighted by atomic mass is 9.94. The molecule has 0 aliphatic carbocycles. The Balaban J connectivity index is 1.94. The zero-order chi connectivity index (χ0) is 19.4. The van der Waals surface area contributed by atoms with Gasteiger partial charge < -0.3 is 20.3 Å². The third-order valence-corrected chi connectivity index (χ3v) is 5.51. The monoisotopic (exact) mass is 392 g/mol. The first-order valence-electron chi connectivity index (χ1n) is 9.54. The van der Waals surface area contributed by atoms with Crippen molar-refractivity contribution in [3.05, 3.63) is 46.1 Å². The lowest BCUT2D eigenvalue weighted by Gasteiger charge is -2.32. The molecule has 0 saturated carbocycles. The topological polar surface area (TPSA) is 71.9 Å².